The molecule has 2 amide bonds. The van der Waals surface area contributed by atoms with E-state index in [0.29, 0.717) is 25.5 Å². The van der Waals surface area contributed by atoms with Crippen molar-refractivity contribution in [1.29, 1.82) is 0 Å². The minimum atomic E-state index is -0.346. The Hall–Kier alpha value is -2.08. The van der Waals surface area contributed by atoms with E-state index in [1.165, 1.54) is 6.92 Å². The molecule has 1 fully saturated rings. The summed E-state index contributed by atoms with van der Waals surface area (Å²) in [6, 6.07) is 7.26. The molecule has 6 heteroatoms. The molecule has 120 valence electrons. The number of nitrogens with zero attached hydrogens (tertiary/aromatic N) is 1. The number of rotatable bonds is 4. The highest BCUT2D eigenvalue weighted by Crippen LogP contribution is 2.25. The molecular weight excluding hydrogens is 284 g/mol. The number of hydrogen-bond donors (Lipinski definition) is 1. The van der Waals surface area contributed by atoms with Crippen LogP contribution >= 0.6 is 0 Å². The van der Waals surface area contributed by atoms with Crippen LogP contribution < -0.4 is 10.2 Å². The minimum absolute atomic E-state index is 0.0689. The lowest BCUT2D eigenvalue weighted by Gasteiger charge is -2.33. The van der Waals surface area contributed by atoms with Crippen LogP contribution in [0.2, 0.25) is 0 Å². The van der Waals surface area contributed by atoms with Gasteiger partial charge in [0.1, 0.15) is 0 Å². The third kappa shape index (κ3) is 4.21. The SMILES string of the molecule is CCOC(=O)N(c1ccc(NC(C)=O)cc1)C1CCOCC1. The van der Waals surface area contributed by atoms with Gasteiger partial charge in [0.05, 0.1) is 6.61 Å². The number of benzene rings is 1. The quantitative estimate of drug-likeness (QED) is 0.928. The maximum atomic E-state index is 12.3. The maximum Gasteiger partial charge on any atom is 0.414 e. The van der Waals surface area contributed by atoms with Crippen LogP contribution in [0.3, 0.4) is 0 Å². The van der Waals surface area contributed by atoms with Gasteiger partial charge < -0.3 is 14.8 Å². The lowest BCUT2D eigenvalue weighted by molar-refractivity contribution is -0.114. The minimum Gasteiger partial charge on any atom is -0.449 e. The van der Waals surface area contributed by atoms with Crippen molar-refractivity contribution in [3.8, 4) is 0 Å². The van der Waals surface area contributed by atoms with Crippen LogP contribution in [0.1, 0.15) is 26.7 Å². The molecule has 0 bridgehead atoms. The van der Waals surface area contributed by atoms with Crippen molar-refractivity contribution >= 4 is 23.4 Å². The fourth-order valence-corrected chi connectivity index (χ4v) is 2.51. The first-order valence-electron chi connectivity index (χ1n) is 7.53. The zero-order valence-corrected chi connectivity index (χ0v) is 13.0. The summed E-state index contributed by atoms with van der Waals surface area (Å²) in [5.41, 5.74) is 1.46. The van der Waals surface area contributed by atoms with Crippen LogP contribution in [-0.2, 0) is 14.3 Å². The van der Waals surface area contributed by atoms with Crippen LogP contribution in [0.25, 0.3) is 0 Å². The first-order chi connectivity index (χ1) is 10.6. The number of nitrogens with one attached hydrogen (secondary N) is 1. The molecule has 1 aromatic rings. The second kappa shape index (κ2) is 7.79. The Morgan fingerprint density at radius 1 is 1.27 bits per heavy atom. The van der Waals surface area contributed by atoms with Gasteiger partial charge in [0, 0.05) is 37.6 Å². The Bertz CT molecular complexity index is 509. The Labute approximate surface area is 130 Å². The molecule has 0 radical (unpaired) electrons. The number of ether oxygens (including phenoxy) is 2. The monoisotopic (exact) mass is 306 g/mol. The molecule has 1 saturated heterocycles. The third-order valence-electron chi connectivity index (χ3n) is 3.49. The van der Waals surface area contributed by atoms with E-state index in [1.54, 1.807) is 24.0 Å². The molecule has 0 atom stereocenters. The van der Waals surface area contributed by atoms with E-state index in [4.69, 9.17) is 9.47 Å². The van der Waals surface area contributed by atoms with Crippen LogP contribution in [0.15, 0.2) is 24.3 Å². The van der Waals surface area contributed by atoms with Gasteiger partial charge in [-0.2, -0.15) is 0 Å². The van der Waals surface area contributed by atoms with E-state index in [9.17, 15) is 9.59 Å². The van der Waals surface area contributed by atoms with Crippen molar-refractivity contribution in [3.05, 3.63) is 24.3 Å². The van der Waals surface area contributed by atoms with Crippen molar-refractivity contribution in [1.82, 2.24) is 0 Å². The number of carbonyl (C=O) groups is 2. The summed E-state index contributed by atoms with van der Waals surface area (Å²) < 4.78 is 10.5. The van der Waals surface area contributed by atoms with Crippen molar-refractivity contribution in [2.24, 2.45) is 0 Å². The molecule has 0 spiro atoms. The van der Waals surface area contributed by atoms with E-state index in [1.807, 2.05) is 12.1 Å². The van der Waals surface area contributed by atoms with E-state index >= 15 is 0 Å². The molecule has 1 aliphatic rings. The average molecular weight is 306 g/mol. The summed E-state index contributed by atoms with van der Waals surface area (Å²) in [7, 11) is 0. The standard InChI is InChI=1S/C16H22N2O4/c1-3-22-16(20)18(15-8-10-21-11-9-15)14-6-4-13(5-7-14)17-12(2)19/h4-7,15H,3,8-11H2,1-2H3,(H,17,19). The first-order valence-corrected chi connectivity index (χ1v) is 7.53. The predicted octanol–water partition coefficient (Wildman–Crippen LogP) is 2.79. The summed E-state index contributed by atoms with van der Waals surface area (Å²) >= 11 is 0. The highest BCUT2D eigenvalue weighted by atomic mass is 16.6. The van der Waals surface area contributed by atoms with Crippen molar-refractivity contribution in [2.75, 3.05) is 30.0 Å². The molecule has 0 aliphatic carbocycles. The Morgan fingerprint density at radius 2 is 1.91 bits per heavy atom. The van der Waals surface area contributed by atoms with E-state index in [-0.39, 0.29) is 18.0 Å². The highest BCUT2D eigenvalue weighted by Gasteiger charge is 2.28. The van der Waals surface area contributed by atoms with Crippen LogP contribution in [0.4, 0.5) is 16.2 Å². The molecule has 2 rings (SSSR count). The summed E-state index contributed by atoms with van der Waals surface area (Å²) in [4.78, 5) is 25.0. The zero-order valence-electron chi connectivity index (χ0n) is 13.0. The molecule has 0 aromatic heterocycles. The molecule has 1 N–H and O–H groups in total. The normalized spacial score (nSPS) is 15.2. The number of carbonyl (C=O) groups excluding carboxylic acids is 2. The maximum absolute atomic E-state index is 12.3. The number of hydrogen-bond acceptors (Lipinski definition) is 4. The summed E-state index contributed by atoms with van der Waals surface area (Å²) in [6.07, 6.45) is 1.22. The summed E-state index contributed by atoms with van der Waals surface area (Å²) in [5, 5.41) is 2.71. The Kier molecular flexibility index (Phi) is 5.77. The fraction of sp³-hybridized carbons (Fsp3) is 0.500. The van der Waals surface area contributed by atoms with Gasteiger partial charge in [-0.1, -0.05) is 0 Å². The van der Waals surface area contributed by atoms with Crippen LogP contribution in [0.5, 0.6) is 0 Å². The van der Waals surface area contributed by atoms with Gasteiger partial charge in [-0.25, -0.2) is 4.79 Å². The molecule has 22 heavy (non-hydrogen) atoms. The first kappa shape index (κ1) is 16.3. The second-order valence-electron chi connectivity index (χ2n) is 5.14. The zero-order chi connectivity index (χ0) is 15.9. The van der Waals surface area contributed by atoms with Gasteiger partial charge in [0.15, 0.2) is 0 Å². The van der Waals surface area contributed by atoms with E-state index in [0.717, 1.165) is 18.5 Å². The van der Waals surface area contributed by atoms with Gasteiger partial charge in [0.2, 0.25) is 5.91 Å². The largest absolute Gasteiger partial charge is 0.449 e. The Balaban J connectivity index is 2.19. The molecular formula is C16H22N2O4. The van der Waals surface area contributed by atoms with Gasteiger partial charge in [-0.3, -0.25) is 9.69 Å². The highest BCUT2D eigenvalue weighted by molar-refractivity contribution is 5.91. The van der Waals surface area contributed by atoms with Gasteiger partial charge in [-0.15, -0.1) is 0 Å². The van der Waals surface area contributed by atoms with Gasteiger partial charge in [-0.05, 0) is 44.0 Å². The molecule has 0 saturated carbocycles. The van der Waals surface area contributed by atoms with Crippen molar-refractivity contribution in [2.45, 2.75) is 32.7 Å². The van der Waals surface area contributed by atoms with Gasteiger partial charge in [0.25, 0.3) is 0 Å². The summed E-state index contributed by atoms with van der Waals surface area (Å²) in [5.74, 6) is -0.126. The van der Waals surface area contributed by atoms with Crippen LogP contribution in [0, 0.1) is 0 Å². The molecule has 0 unspecified atom stereocenters. The fourth-order valence-electron chi connectivity index (χ4n) is 2.51. The van der Waals surface area contributed by atoms with Crippen LogP contribution in [-0.4, -0.2) is 37.9 Å². The number of anilines is 2. The molecule has 1 aromatic carbocycles. The second-order valence-corrected chi connectivity index (χ2v) is 5.14. The Morgan fingerprint density at radius 3 is 2.45 bits per heavy atom. The smallest absolute Gasteiger partial charge is 0.414 e. The molecule has 1 heterocycles. The lowest BCUT2D eigenvalue weighted by Crippen LogP contribution is -2.44. The topological polar surface area (TPSA) is 67.9 Å². The average Bonchev–Trinajstić information content (AvgIpc) is 2.50. The van der Waals surface area contributed by atoms with Crippen molar-refractivity contribution < 1.29 is 19.1 Å². The van der Waals surface area contributed by atoms with Gasteiger partial charge >= 0.3 is 6.09 Å². The molecule has 6 nitrogen and oxygen atoms in total. The number of amides is 2. The third-order valence-corrected chi connectivity index (χ3v) is 3.49. The molecule has 1 aliphatic heterocycles. The van der Waals surface area contributed by atoms with E-state index < -0.39 is 0 Å². The van der Waals surface area contributed by atoms with E-state index in [2.05, 4.69) is 5.32 Å². The van der Waals surface area contributed by atoms with Crippen molar-refractivity contribution in [3.63, 3.8) is 0 Å². The summed E-state index contributed by atoms with van der Waals surface area (Å²) in [6.45, 7) is 4.87. The predicted molar refractivity (Wildman–Crippen MR) is 84.1 cm³/mol. The lowest BCUT2D eigenvalue weighted by atomic mass is 10.1.